The van der Waals surface area contributed by atoms with Gasteiger partial charge in [-0.1, -0.05) is 12.1 Å². The Bertz CT molecular complexity index is 382. The van der Waals surface area contributed by atoms with Gasteiger partial charge >= 0.3 is 0 Å². The van der Waals surface area contributed by atoms with Gasteiger partial charge in [-0.25, -0.2) is 4.39 Å². The van der Waals surface area contributed by atoms with E-state index in [0.29, 0.717) is 24.4 Å². The average molecular weight is 255 g/mol. The van der Waals surface area contributed by atoms with Gasteiger partial charge in [0.15, 0.2) is 0 Å². The summed E-state index contributed by atoms with van der Waals surface area (Å²) in [5, 5.41) is 9.76. The molecule has 0 fully saturated rings. The highest BCUT2D eigenvalue weighted by atomic mass is 19.1. The molecule has 0 aliphatic carbocycles. The van der Waals surface area contributed by atoms with Crippen molar-refractivity contribution in [2.75, 3.05) is 25.2 Å². The molecule has 0 radical (unpaired) electrons. The standard InChI is InChI=1S/C14H22FNO2/c1-5-16(10(2)9-18-4)14-12(11(3)17)7-6-8-13(14)15/h6-8,10-11,17H,5,9H2,1-4H3. The SMILES string of the molecule is CCN(c1c(F)cccc1C(C)O)C(C)COC. The summed E-state index contributed by atoms with van der Waals surface area (Å²) in [6.45, 7) is 6.76. The van der Waals surface area contributed by atoms with Gasteiger partial charge in [0, 0.05) is 25.3 Å². The van der Waals surface area contributed by atoms with Gasteiger partial charge in [-0.15, -0.1) is 0 Å². The van der Waals surface area contributed by atoms with Gasteiger partial charge in [-0.05, 0) is 26.8 Å². The lowest BCUT2D eigenvalue weighted by molar-refractivity contribution is 0.180. The molecule has 3 nitrogen and oxygen atoms in total. The maximum absolute atomic E-state index is 14.1. The molecule has 1 N–H and O–H groups in total. The minimum absolute atomic E-state index is 0.0504. The summed E-state index contributed by atoms with van der Waals surface area (Å²) in [6.07, 6.45) is -0.695. The van der Waals surface area contributed by atoms with Crippen molar-refractivity contribution in [3.8, 4) is 0 Å². The minimum Gasteiger partial charge on any atom is -0.389 e. The van der Waals surface area contributed by atoms with Crippen molar-refractivity contribution in [3.05, 3.63) is 29.6 Å². The number of aliphatic hydroxyl groups excluding tert-OH is 1. The number of hydrogen-bond acceptors (Lipinski definition) is 3. The van der Waals surface area contributed by atoms with Crippen LogP contribution in [0, 0.1) is 5.82 Å². The fraction of sp³-hybridized carbons (Fsp3) is 0.571. The highest BCUT2D eigenvalue weighted by molar-refractivity contribution is 5.56. The number of benzene rings is 1. The van der Waals surface area contributed by atoms with Crippen LogP contribution in [0.2, 0.25) is 0 Å². The van der Waals surface area contributed by atoms with Crippen LogP contribution >= 0.6 is 0 Å². The minimum atomic E-state index is -0.695. The largest absolute Gasteiger partial charge is 0.389 e. The molecular weight excluding hydrogens is 233 g/mol. The molecule has 2 atom stereocenters. The number of hydrogen-bond donors (Lipinski definition) is 1. The van der Waals surface area contributed by atoms with Gasteiger partial charge in [-0.3, -0.25) is 0 Å². The Hall–Kier alpha value is -1.13. The zero-order chi connectivity index (χ0) is 13.7. The molecule has 0 heterocycles. The highest BCUT2D eigenvalue weighted by Gasteiger charge is 2.21. The van der Waals surface area contributed by atoms with Crippen LogP contribution in [0.4, 0.5) is 10.1 Å². The van der Waals surface area contributed by atoms with E-state index in [0.717, 1.165) is 0 Å². The van der Waals surface area contributed by atoms with Crippen LogP contribution < -0.4 is 4.90 Å². The average Bonchev–Trinajstić information content (AvgIpc) is 2.32. The van der Waals surface area contributed by atoms with Crippen LogP contribution in [-0.4, -0.2) is 31.4 Å². The van der Waals surface area contributed by atoms with Crippen LogP contribution in [0.5, 0.6) is 0 Å². The second-order valence-corrected chi connectivity index (χ2v) is 4.44. The van der Waals surface area contributed by atoms with E-state index < -0.39 is 6.10 Å². The Kier molecular flexibility index (Phi) is 5.56. The molecule has 0 aromatic heterocycles. The third kappa shape index (κ3) is 3.21. The van der Waals surface area contributed by atoms with Gasteiger partial charge < -0.3 is 14.7 Å². The summed E-state index contributed by atoms with van der Waals surface area (Å²) in [4.78, 5) is 1.92. The zero-order valence-electron chi connectivity index (χ0n) is 11.5. The van der Waals surface area contributed by atoms with Crippen molar-refractivity contribution >= 4 is 5.69 Å². The number of nitrogens with zero attached hydrogens (tertiary/aromatic N) is 1. The monoisotopic (exact) mass is 255 g/mol. The fourth-order valence-electron chi connectivity index (χ4n) is 2.19. The van der Waals surface area contributed by atoms with Crippen LogP contribution in [0.15, 0.2) is 18.2 Å². The van der Waals surface area contributed by atoms with Gasteiger partial charge in [0.1, 0.15) is 5.82 Å². The molecule has 102 valence electrons. The van der Waals surface area contributed by atoms with Crippen molar-refractivity contribution in [1.82, 2.24) is 0 Å². The first-order chi connectivity index (χ1) is 8.52. The summed E-state index contributed by atoms with van der Waals surface area (Å²) < 4.78 is 19.2. The lowest BCUT2D eigenvalue weighted by Gasteiger charge is -2.32. The number of methoxy groups -OCH3 is 1. The summed E-state index contributed by atoms with van der Waals surface area (Å²) in [5.41, 5.74) is 1.08. The second kappa shape index (κ2) is 6.71. The number of para-hydroxylation sites is 1. The van der Waals surface area contributed by atoms with Crippen LogP contribution in [-0.2, 0) is 4.74 Å². The van der Waals surface area contributed by atoms with Gasteiger partial charge in [-0.2, -0.15) is 0 Å². The predicted molar refractivity (Wildman–Crippen MR) is 71.4 cm³/mol. The van der Waals surface area contributed by atoms with E-state index in [-0.39, 0.29) is 11.9 Å². The first-order valence-electron chi connectivity index (χ1n) is 6.24. The molecule has 1 rings (SSSR count). The normalized spacial score (nSPS) is 14.3. The Labute approximate surface area is 108 Å². The molecule has 2 unspecified atom stereocenters. The molecule has 4 heteroatoms. The van der Waals surface area contributed by atoms with Crippen LogP contribution in [0.3, 0.4) is 0 Å². The summed E-state index contributed by atoms with van der Waals surface area (Å²) in [5.74, 6) is -0.307. The van der Waals surface area contributed by atoms with E-state index >= 15 is 0 Å². The van der Waals surface area contributed by atoms with E-state index in [2.05, 4.69) is 0 Å². The van der Waals surface area contributed by atoms with Crippen molar-refractivity contribution in [3.63, 3.8) is 0 Å². The predicted octanol–water partition coefficient (Wildman–Crippen LogP) is 2.74. The van der Waals surface area contributed by atoms with Gasteiger partial charge in [0.05, 0.1) is 18.4 Å². The second-order valence-electron chi connectivity index (χ2n) is 4.44. The Morgan fingerprint density at radius 1 is 1.39 bits per heavy atom. The topological polar surface area (TPSA) is 32.7 Å². The number of anilines is 1. The molecule has 0 saturated heterocycles. The maximum Gasteiger partial charge on any atom is 0.146 e. The van der Waals surface area contributed by atoms with Crippen molar-refractivity contribution in [1.29, 1.82) is 0 Å². The molecule has 18 heavy (non-hydrogen) atoms. The lowest BCUT2D eigenvalue weighted by Crippen LogP contribution is -2.37. The van der Waals surface area contributed by atoms with E-state index in [1.165, 1.54) is 6.07 Å². The third-order valence-electron chi connectivity index (χ3n) is 3.04. The zero-order valence-corrected chi connectivity index (χ0v) is 11.5. The highest BCUT2D eigenvalue weighted by Crippen LogP contribution is 2.30. The molecule has 0 amide bonds. The number of halogens is 1. The van der Waals surface area contributed by atoms with E-state index in [1.807, 2.05) is 18.7 Å². The Morgan fingerprint density at radius 2 is 2.06 bits per heavy atom. The van der Waals surface area contributed by atoms with E-state index in [1.54, 1.807) is 26.2 Å². The first-order valence-corrected chi connectivity index (χ1v) is 6.24. The third-order valence-corrected chi connectivity index (χ3v) is 3.04. The Morgan fingerprint density at radius 3 is 2.56 bits per heavy atom. The van der Waals surface area contributed by atoms with Gasteiger partial charge in [0.2, 0.25) is 0 Å². The van der Waals surface area contributed by atoms with Crippen LogP contribution in [0.25, 0.3) is 0 Å². The van der Waals surface area contributed by atoms with E-state index in [9.17, 15) is 9.50 Å². The quantitative estimate of drug-likeness (QED) is 0.848. The first kappa shape index (κ1) is 14.9. The fourth-order valence-corrected chi connectivity index (χ4v) is 2.19. The lowest BCUT2D eigenvalue weighted by atomic mass is 10.1. The summed E-state index contributed by atoms with van der Waals surface area (Å²) in [6, 6.07) is 4.85. The van der Waals surface area contributed by atoms with Crippen molar-refractivity contribution in [2.45, 2.75) is 32.9 Å². The molecular formula is C14H22FNO2. The smallest absolute Gasteiger partial charge is 0.146 e. The number of likely N-dealkylation sites (N-methyl/N-ethyl adjacent to an activating group) is 1. The Balaban J connectivity index is 3.19. The van der Waals surface area contributed by atoms with Crippen molar-refractivity contribution in [2.24, 2.45) is 0 Å². The van der Waals surface area contributed by atoms with Crippen molar-refractivity contribution < 1.29 is 14.2 Å². The number of rotatable bonds is 6. The molecule has 0 spiro atoms. The molecule has 0 bridgehead atoms. The molecule has 0 aliphatic heterocycles. The molecule has 0 aliphatic rings. The number of ether oxygens (including phenoxy) is 1. The molecule has 1 aromatic rings. The number of aliphatic hydroxyl groups is 1. The van der Waals surface area contributed by atoms with Gasteiger partial charge in [0.25, 0.3) is 0 Å². The maximum atomic E-state index is 14.1. The van der Waals surface area contributed by atoms with E-state index in [4.69, 9.17) is 4.74 Å². The summed E-state index contributed by atoms with van der Waals surface area (Å²) in [7, 11) is 1.63. The van der Waals surface area contributed by atoms with Crippen LogP contribution in [0.1, 0.15) is 32.4 Å². The summed E-state index contributed by atoms with van der Waals surface area (Å²) >= 11 is 0. The molecule has 0 saturated carbocycles. The molecule has 1 aromatic carbocycles.